The lowest BCUT2D eigenvalue weighted by Gasteiger charge is -2.40. The molecule has 0 spiro atoms. The van der Waals surface area contributed by atoms with E-state index in [2.05, 4.69) is 27.8 Å². The van der Waals surface area contributed by atoms with Crippen LogP contribution in [0.4, 0.5) is 11.5 Å². The van der Waals surface area contributed by atoms with Gasteiger partial charge in [0.25, 0.3) is 5.69 Å². The molecule has 3 aromatic rings. The highest BCUT2D eigenvalue weighted by Gasteiger charge is 2.25. The maximum atomic E-state index is 11.1. The first-order chi connectivity index (χ1) is 15.4. The number of aryl methyl sites for hydroxylation is 1. The number of hydrogen-bond donors (Lipinski definition) is 0. The molecule has 0 radical (unpaired) electrons. The van der Waals surface area contributed by atoms with Gasteiger partial charge in [-0.25, -0.2) is 9.97 Å². The topological polar surface area (TPSA) is 99.2 Å². The minimum absolute atomic E-state index is 0.0268. The number of piperazine rings is 1. The smallest absolute Gasteiger partial charge is 0.270 e. The lowest BCUT2D eigenvalue weighted by Crippen LogP contribution is -2.52. The Balaban J connectivity index is 1.50. The van der Waals surface area contributed by atoms with Crippen molar-refractivity contribution in [3.05, 3.63) is 81.5 Å². The van der Waals surface area contributed by atoms with Crippen LogP contribution in [0.15, 0.2) is 54.6 Å². The maximum absolute atomic E-state index is 11.1. The van der Waals surface area contributed by atoms with Crippen molar-refractivity contribution < 1.29 is 4.92 Å². The molecule has 0 saturated carbocycles. The second kappa shape index (κ2) is 9.12. The maximum Gasteiger partial charge on any atom is 0.270 e. The van der Waals surface area contributed by atoms with Gasteiger partial charge in [0.05, 0.1) is 16.6 Å². The van der Waals surface area contributed by atoms with Crippen molar-refractivity contribution in [3.63, 3.8) is 0 Å². The van der Waals surface area contributed by atoms with Gasteiger partial charge in [0.2, 0.25) is 0 Å². The number of aromatic nitrogens is 2. The van der Waals surface area contributed by atoms with Crippen molar-refractivity contribution in [3.8, 4) is 17.5 Å². The number of rotatable bonds is 5. The molecule has 1 fully saturated rings. The van der Waals surface area contributed by atoms with Crippen LogP contribution in [-0.4, -0.2) is 45.5 Å². The lowest BCUT2D eigenvalue weighted by molar-refractivity contribution is -0.384. The summed E-state index contributed by atoms with van der Waals surface area (Å²) in [5.41, 5.74) is 3.35. The first-order valence-corrected chi connectivity index (χ1v) is 10.5. The van der Waals surface area contributed by atoms with Crippen molar-refractivity contribution in [1.82, 2.24) is 14.9 Å². The number of anilines is 1. The van der Waals surface area contributed by atoms with E-state index in [-0.39, 0.29) is 11.7 Å². The van der Waals surface area contributed by atoms with Crippen LogP contribution < -0.4 is 4.90 Å². The molecule has 0 aliphatic carbocycles. The zero-order valence-electron chi connectivity index (χ0n) is 18.1. The van der Waals surface area contributed by atoms with E-state index in [1.54, 1.807) is 12.1 Å². The van der Waals surface area contributed by atoms with E-state index in [9.17, 15) is 10.1 Å². The lowest BCUT2D eigenvalue weighted by atomic mass is 10.1. The number of nitro groups is 1. The Kier molecular flexibility index (Phi) is 6.10. The minimum Gasteiger partial charge on any atom is -0.351 e. The second-order valence-electron chi connectivity index (χ2n) is 8.08. The molecule has 8 heteroatoms. The van der Waals surface area contributed by atoms with Crippen molar-refractivity contribution >= 4 is 11.5 Å². The first-order valence-electron chi connectivity index (χ1n) is 10.5. The number of nitrogens with zero attached hydrogens (tertiary/aromatic N) is 6. The molecule has 1 aliphatic heterocycles. The van der Waals surface area contributed by atoms with Crippen LogP contribution in [0.25, 0.3) is 11.4 Å². The molecule has 0 N–H and O–H groups in total. The van der Waals surface area contributed by atoms with Gasteiger partial charge in [-0.15, -0.1) is 0 Å². The predicted molar refractivity (Wildman–Crippen MR) is 122 cm³/mol. The summed E-state index contributed by atoms with van der Waals surface area (Å²) in [6.07, 6.45) is 0. The van der Waals surface area contributed by atoms with Crippen molar-refractivity contribution in [2.75, 3.05) is 24.5 Å². The molecular formula is C24H24N6O2. The second-order valence-corrected chi connectivity index (χ2v) is 8.08. The SMILES string of the molecule is Cc1cc(N2CCN(Cc3ccc(C#N)cc3)CC2C)nc(-c2cccc([N+](=O)[O-])c2)n1. The molecule has 1 atom stereocenters. The third kappa shape index (κ3) is 4.74. The molecule has 32 heavy (non-hydrogen) atoms. The highest BCUT2D eigenvalue weighted by atomic mass is 16.6. The van der Waals surface area contributed by atoms with Crippen molar-refractivity contribution in [2.45, 2.75) is 26.4 Å². The minimum atomic E-state index is -0.407. The van der Waals surface area contributed by atoms with E-state index in [4.69, 9.17) is 10.2 Å². The fourth-order valence-corrected chi connectivity index (χ4v) is 4.05. The van der Waals surface area contributed by atoms with Gasteiger partial charge in [-0.2, -0.15) is 5.26 Å². The molecule has 1 saturated heterocycles. The summed E-state index contributed by atoms with van der Waals surface area (Å²) in [6.45, 7) is 7.52. The summed E-state index contributed by atoms with van der Waals surface area (Å²) in [5.74, 6) is 1.33. The normalized spacial score (nSPS) is 16.5. The molecular weight excluding hydrogens is 404 g/mol. The monoisotopic (exact) mass is 428 g/mol. The Morgan fingerprint density at radius 2 is 1.94 bits per heavy atom. The van der Waals surface area contributed by atoms with Crippen LogP contribution in [-0.2, 0) is 6.54 Å². The fraction of sp³-hybridized carbons (Fsp3) is 0.292. The van der Waals surface area contributed by atoms with Gasteiger partial charge in [-0.1, -0.05) is 24.3 Å². The molecule has 1 unspecified atom stereocenters. The van der Waals surface area contributed by atoms with Gasteiger partial charge in [0.15, 0.2) is 5.82 Å². The molecule has 0 bridgehead atoms. The Hall–Kier alpha value is -3.83. The molecule has 162 valence electrons. The molecule has 1 aromatic heterocycles. The van der Waals surface area contributed by atoms with E-state index < -0.39 is 4.92 Å². The fourth-order valence-electron chi connectivity index (χ4n) is 4.05. The molecule has 2 heterocycles. The standard InChI is InChI=1S/C24H24N6O2/c1-17-12-23(27-24(26-17)21-4-3-5-22(13-21)30(31)32)29-11-10-28(15-18(29)2)16-20-8-6-19(14-25)7-9-20/h3-9,12-13,18H,10-11,15-16H2,1-2H3. The van der Waals surface area contributed by atoms with Gasteiger partial charge in [0, 0.05) is 61.7 Å². The first kappa shape index (κ1) is 21.4. The van der Waals surface area contributed by atoms with E-state index in [1.807, 2.05) is 37.3 Å². The zero-order valence-corrected chi connectivity index (χ0v) is 18.1. The van der Waals surface area contributed by atoms with E-state index >= 15 is 0 Å². The zero-order chi connectivity index (χ0) is 22.7. The van der Waals surface area contributed by atoms with Gasteiger partial charge in [-0.05, 0) is 31.5 Å². The summed E-state index contributed by atoms with van der Waals surface area (Å²) in [7, 11) is 0. The number of benzene rings is 2. The number of hydrogen-bond acceptors (Lipinski definition) is 7. The molecule has 2 aromatic carbocycles. The van der Waals surface area contributed by atoms with Gasteiger partial charge in [0.1, 0.15) is 5.82 Å². The summed E-state index contributed by atoms with van der Waals surface area (Å²) in [4.78, 5) is 24.7. The Morgan fingerprint density at radius 1 is 1.16 bits per heavy atom. The summed E-state index contributed by atoms with van der Waals surface area (Å²) in [5, 5.41) is 20.1. The molecule has 1 aliphatic rings. The van der Waals surface area contributed by atoms with Crippen molar-refractivity contribution in [1.29, 1.82) is 5.26 Å². The van der Waals surface area contributed by atoms with Gasteiger partial charge >= 0.3 is 0 Å². The Labute approximate surface area is 186 Å². The van der Waals surface area contributed by atoms with Crippen LogP contribution in [0.1, 0.15) is 23.7 Å². The van der Waals surface area contributed by atoms with Crippen LogP contribution in [0.5, 0.6) is 0 Å². The van der Waals surface area contributed by atoms with Crippen molar-refractivity contribution in [2.24, 2.45) is 0 Å². The quantitative estimate of drug-likeness (QED) is 0.448. The average molecular weight is 428 g/mol. The summed E-state index contributed by atoms with van der Waals surface area (Å²) in [6, 6.07) is 18.5. The third-order valence-corrected chi connectivity index (χ3v) is 5.65. The number of nitriles is 1. The van der Waals surface area contributed by atoms with Gasteiger partial charge < -0.3 is 4.90 Å². The number of non-ortho nitro benzene ring substituents is 1. The number of nitro benzene ring substituents is 1. The van der Waals surface area contributed by atoms with E-state index in [0.717, 1.165) is 37.7 Å². The Morgan fingerprint density at radius 3 is 2.62 bits per heavy atom. The van der Waals surface area contributed by atoms with Crippen LogP contribution in [0.2, 0.25) is 0 Å². The van der Waals surface area contributed by atoms with E-state index in [1.165, 1.54) is 17.7 Å². The highest BCUT2D eigenvalue weighted by Crippen LogP contribution is 2.26. The molecule has 0 amide bonds. The Bertz CT molecular complexity index is 1170. The van der Waals surface area contributed by atoms with Crippen LogP contribution in [0, 0.1) is 28.4 Å². The predicted octanol–water partition coefficient (Wildman–Crippen LogP) is 3.94. The highest BCUT2D eigenvalue weighted by molar-refractivity contribution is 5.61. The summed E-state index contributed by atoms with van der Waals surface area (Å²) >= 11 is 0. The third-order valence-electron chi connectivity index (χ3n) is 5.65. The van der Waals surface area contributed by atoms with Crippen LogP contribution >= 0.6 is 0 Å². The van der Waals surface area contributed by atoms with E-state index in [0.29, 0.717) is 17.0 Å². The van der Waals surface area contributed by atoms with Crippen LogP contribution in [0.3, 0.4) is 0 Å². The average Bonchev–Trinajstić information content (AvgIpc) is 2.79. The molecule has 4 rings (SSSR count). The van der Waals surface area contributed by atoms with Gasteiger partial charge in [-0.3, -0.25) is 15.0 Å². The largest absolute Gasteiger partial charge is 0.351 e. The molecule has 8 nitrogen and oxygen atoms in total. The summed E-state index contributed by atoms with van der Waals surface area (Å²) < 4.78 is 0.